The van der Waals surface area contributed by atoms with Gasteiger partial charge in [0, 0.05) is 38.1 Å². The van der Waals surface area contributed by atoms with Crippen molar-refractivity contribution in [1.29, 1.82) is 0 Å². The summed E-state index contributed by atoms with van der Waals surface area (Å²) in [5.74, 6) is 7.05. The van der Waals surface area contributed by atoms with Gasteiger partial charge in [0.15, 0.2) is 5.82 Å². The molecule has 0 spiro atoms. The van der Waals surface area contributed by atoms with Gasteiger partial charge >= 0.3 is 6.55 Å². The van der Waals surface area contributed by atoms with Crippen LogP contribution in [0, 0.1) is 11.8 Å². The van der Waals surface area contributed by atoms with E-state index in [1.807, 2.05) is 6.92 Å². The molecule has 0 aliphatic carbocycles. The standard InChI is InChI=1S/C23H22ClF2N9O/c1-14(6-8-36-22-17(12-30-34(22)2)21-28-7-5-20(27)33-21)32-18-9-19(24)29-11-16(18)4-3-15-10-31-35(13-15)23(25)26/h5,7,9-14,23H,6,8H2,1-2H3,(H,29,32)(H2,27,28,33)/t14-/m1/s1. The van der Waals surface area contributed by atoms with Gasteiger partial charge in [0.25, 0.3) is 0 Å². The minimum absolute atomic E-state index is 0.0362. The maximum Gasteiger partial charge on any atom is 0.333 e. The summed E-state index contributed by atoms with van der Waals surface area (Å²) in [5, 5.41) is 11.5. The number of nitrogen functional groups attached to an aromatic ring is 1. The minimum atomic E-state index is -2.72. The van der Waals surface area contributed by atoms with Crippen LogP contribution in [0.1, 0.15) is 31.0 Å². The molecule has 0 aliphatic rings. The Morgan fingerprint density at radius 1 is 1.19 bits per heavy atom. The summed E-state index contributed by atoms with van der Waals surface area (Å²) in [6.07, 6.45) is 7.79. The molecule has 0 unspecified atom stereocenters. The van der Waals surface area contributed by atoms with Crippen molar-refractivity contribution < 1.29 is 13.5 Å². The summed E-state index contributed by atoms with van der Waals surface area (Å²) in [7, 11) is 1.77. The molecule has 0 aliphatic heterocycles. The van der Waals surface area contributed by atoms with Crippen LogP contribution < -0.4 is 15.8 Å². The Labute approximate surface area is 210 Å². The van der Waals surface area contributed by atoms with Gasteiger partial charge < -0.3 is 15.8 Å². The van der Waals surface area contributed by atoms with Gasteiger partial charge in [0.05, 0.1) is 35.8 Å². The van der Waals surface area contributed by atoms with Crippen molar-refractivity contribution in [1.82, 2.24) is 34.5 Å². The first-order valence-corrected chi connectivity index (χ1v) is 11.2. The van der Waals surface area contributed by atoms with Gasteiger partial charge in [-0.25, -0.2) is 24.3 Å². The van der Waals surface area contributed by atoms with E-state index in [0.717, 1.165) is 0 Å². The van der Waals surface area contributed by atoms with E-state index in [4.69, 9.17) is 22.1 Å². The quantitative estimate of drug-likeness (QED) is 0.270. The van der Waals surface area contributed by atoms with Gasteiger partial charge in [0.2, 0.25) is 5.88 Å². The largest absolute Gasteiger partial charge is 0.477 e. The van der Waals surface area contributed by atoms with Gasteiger partial charge in [-0.05, 0) is 19.1 Å². The Kier molecular flexibility index (Phi) is 7.60. The third-order valence-corrected chi connectivity index (χ3v) is 5.21. The number of aryl methyl sites for hydroxylation is 1. The number of ether oxygens (including phenoxy) is 1. The van der Waals surface area contributed by atoms with E-state index < -0.39 is 6.55 Å². The molecule has 10 nitrogen and oxygen atoms in total. The zero-order chi connectivity index (χ0) is 25.7. The second-order valence-corrected chi connectivity index (χ2v) is 8.15. The lowest BCUT2D eigenvalue weighted by molar-refractivity contribution is 0.0566. The summed E-state index contributed by atoms with van der Waals surface area (Å²) in [6.45, 7) is -0.374. The third kappa shape index (κ3) is 6.05. The number of rotatable bonds is 8. The van der Waals surface area contributed by atoms with E-state index in [0.29, 0.717) is 62.8 Å². The van der Waals surface area contributed by atoms with Crippen LogP contribution in [0.2, 0.25) is 5.15 Å². The number of nitrogens with two attached hydrogens (primary N) is 1. The van der Waals surface area contributed by atoms with E-state index in [1.165, 1.54) is 18.6 Å². The Balaban J connectivity index is 1.41. The second kappa shape index (κ2) is 11.0. The Bertz CT molecular complexity index is 1410. The van der Waals surface area contributed by atoms with Crippen LogP contribution in [-0.4, -0.2) is 47.2 Å². The van der Waals surface area contributed by atoms with Crippen LogP contribution >= 0.6 is 11.6 Å². The molecule has 3 N–H and O–H groups in total. The fourth-order valence-electron chi connectivity index (χ4n) is 3.22. The Morgan fingerprint density at radius 3 is 2.78 bits per heavy atom. The van der Waals surface area contributed by atoms with Crippen molar-refractivity contribution in [2.24, 2.45) is 7.05 Å². The Hall–Kier alpha value is -4.24. The monoisotopic (exact) mass is 513 g/mol. The fraction of sp³-hybridized carbons (Fsp3) is 0.261. The Morgan fingerprint density at radius 2 is 2.03 bits per heavy atom. The molecule has 0 bridgehead atoms. The highest BCUT2D eigenvalue weighted by molar-refractivity contribution is 6.29. The molecule has 0 fully saturated rings. The predicted molar refractivity (Wildman–Crippen MR) is 131 cm³/mol. The van der Waals surface area contributed by atoms with Crippen LogP contribution in [0.5, 0.6) is 5.88 Å². The highest BCUT2D eigenvalue weighted by atomic mass is 35.5. The molecule has 4 aromatic rings. The first-order chi connectivity index (χ1) is 17.3. The van der Waals surface area contributed by atoms with Crippen LogP contribution in [-0.2, 0) is 7.05 Å². The van der Waals surface area contributed by atoms with Gasteiger partial charge in [-0.15, -0.1) is 0 Å². The zero-order valence-electron chi connectivity index (χ0n) is 19.4. The number of hydrogen-bond donors (Lipinski definition) is 2. The van der Waals surface area contributed by atoms with E-state index in [-0.39, 0.29) is 6.04 Å². The molecule has 36 heavy (non-hydrogen) atoms. The van der Waals surface area contributed by atoms with Crippen molar-refractivity contribution in [2.45, 2.75) is 25.9 Å². The summed E-state index contributed by atoms with van der Waals surface area (Å²) >= 11 is 6.08. The number of halogens is 3. The molecular formula is C23H22ClF2N9O. The maximum absolute atomic E-state index is 12.7. The van der Waals surface area contributed by atoms with Crippen molar-refractivity contribution in [3.63, 3.8) is 0 Å². The van der Waals surface area contributed by atoms with Crippen LogP contribution in [0.4, 0.5) is 20.3 Å². The van der Waals surface area contributed by atoms with Crippen molar-refractivity contribution >= 4 is 23.1 Å². The average Bonchev–Trinajstić information content (AvgIpc) is 3.46. The van der Waals surface area contributed by atoms with Gasteiger partial charge in [-0.1, -0.05) is 23.4 Å². The number of aromatic nitrogens is 7. The van der Waals surface area contributed by atoms with E-state index in [1.54, 1.807) is 36.3 Å². The molecule has 0 amide bonds. The van der Waals surface area contributed by atoms with E-state index >= 15 is 0 Å². The summed E-state index contributed by atoms with van der Waals surface area (Å²) in [4.78, 5) is 12.5. The van der Waals surface area contributed by atoms with E-state index in [9.17, 15) is 8.78 Å². The molecule has 4 heterocycles. The normalized spacial score (nSPS) is 11.7. The van der Waals surface area contributed by atoms with Crippen LogP contribution in [0.15, 0.2) is 43.1 Å². The highest BCUT2D eigenvalue weighted by Crippen LogP contribution is 2.27. The topological polar surface area (TPSA) is 122 Å². The average molecular weight is 514 g/mol. The molecular weight excluding hydrogens is 492 g/mol. The van der Waals surface area contributed by atoms with Crippen molar-refractivity contribution in [2.75, 3.05) is 17.7 Å². The molecule has 13 heteroatoms. The van der Waals surface area contributed by atoms with Gasteiger partial charge in [-0.3, -0.25) is 0 Å². The first-order valence-electron chi connectivity index (χ1n) is 10.8. The molecule has 4 rings (SSSR count). The molecule has 4 aromatic heterocycles. The number of nitrogens with zero attached hydrogens (tertiary/aromatic N) is 7. The lowest BCUT2D eigenvalue weighted by Crippen LogP contribution is -2.19. The number of nitrogens with one attached hydrogen (secondary N) is 1. The van der Waals surface area contributed by atoms with Crippen molar-refractivity contribution in [3.05, 3.63) is 59.4 Å². The first kappa shape index (κ1) is 24.9. The number of pyridine rings is 1. The van der Waals surface area contributed by atoms with Crippen LogP contribution in [0.25, 0.3) is 11.4 Å². The summed E-state index contributed by atoms with van der Waals surface area (Å²) in [5.41, 5.74) is 7.98. The molecule has 186 valence electrons. The lowest BCUT2D eigenvalue weighted by Gasteiger charge is -2.17. The summed E-state index contributed by atoms with van der Waals surface area (Å²) in [6, 6.07) is 3.22. The SMILES string of the molecule is C[C@H](CCOc1c(-c2nccc(N)n2)cnn1C)Nc1cc(Cl)ncc1C#Cc1cnn(C(F)F)c1. The lowest BCUT2D eigenvalue weighted by atomic mass is 10.2. The number of alkyl halides is 2. The van der Waals surface area contributed by atoms with Gasteiger partial charge in [-0.2, -0.15) is 19.0 Å². The molecule has 1 atom stereocenters. The minimum Gasteiger partial charge on any atom is -0.477 e. The van der Waals surface area contributed by atoms with Crippen LogP contribution in [0.3, 0.4) is 0 Å². The van der Waals surface area contributed by atoms with Crippen molar-refractivity contribution in [3.8, 4) is 29.1 Å². The van der Waals surface area contributed by atoms with E-state index in [2.05, 4.69) is 42.3 Å². The third-order valence-electron chi connectivity index (χ3n) is 5.01. The van der Waals surface area contributed by atoms with Gasteiger partial charge in [0.1, 0.15) is 16.5 Å². The molecule has 0 saturated heterocycles. The maximum atomic E-state index is 12.7. The smallest absolute Gasteiger partial charge is 0.333 e. The predicted octanol–water partition coefficient (Wildman–Crippen LogP) is 3.77. The second-order valence-electron chi connectivity index (χ2n) is 7.76. The number of anilines is 2. The molecule has 0 radical (unpaired) electrons. The molecule has 0 aromatic carbocycles. The number of hydrogen-bond acceptors (Lipinski definition) is 8. The zero-order valence-corrected chi connectivity index (χ0v) is 20.1. The highest BCUT2D eigenvalue weighted by Gasteiger charge is 2.16. The summed E-state index contributed by atoms with van der Waals surface area (Å²) < 4.78 is 33.6. The molecule has 0 saturated carbocycles. The fourth-order valence-corrected chi connectivity index (χ4v) is 3.38.